The van der Waals surface area contributed by atoms with Crippen LogP contribution in [0.1, 0.15) is 66.8 Å². The first-order chi connectivity index (χ1) is 25.0. The van der Waals surface area contributed by atoms with E-state index in [0.29, 0.717) is 22.5 Å². The second-order valence-corrected chi connectivity index (χ2v) is 15.7. The summed E-state index contributed by atoms with van der Waals surface area (Å²) >= 11 is 3.49. The van der Waals surface area contributed by atoms with Gasteiger partial charge in [0.05, 0.1) is 13.4 Å². The average Bonchev–Trinajstić information content (AvgIpc) is 3.55. The van der Waals surface area contributed by atoms with Gasteiger partial charge in [-0.05, 0) is 125 Å². The number of hydrogen-bond acceptors (Lipinski definition) is 7. The number of methoxy groups -OCH3 is 1. The number of aromatic nitrogens is 5. The van der Waals surface area contributed by atoms with Crippen LogP contribution >= 0.6 is 15.9 Å². The first-order valence-electron chi connectivity index (χ1n) is 18.3. The molecule has 5 aromatic rings. The van der Waals surface area contributed by atoms with Crippen molar-refractivity contribution in [3.8, 4) is 5.75 Å². The van der Waals surface area contributed by atoms with Crippen molar-refractivity contribution in [3.05, 3.63) is 121 Å². The Hall–Kier alpha value is -4.06. The first kappa shape index (κ1) is 37.7. The van der Waals surface area contributed by atoms with Gasteiger partial charge in [-0.1, -0.05) is 53.0 Å². The number of fused-ring (bicyclic) bond motifs is 2. The summed E-state index contributed by atoms with van der Waals surface area (Å²) in [5, 5.41) is 0. The van der Waals surface area contributed by atoms with Crippen LogP contribution in [0.4, 0.5) is 0 Å². The fourth-order valence-electron chi connectivity index (χ4n) is 8.71. The molecule has 1 saturated carbocycles. The number of ether oxygens (including phenoxy) is 1. The normalized spacial score (nSPS) is 21.2. The molecular formula is C41H52BrN7O3. The van der Waals surface area contributed by atoms with E-state index in [4.69, 9.17) is 4.74 Å². The first-order valence-corrected chi connectivity index (χ1v) is 19.1. The highest BCUT2D eigenvalue weighted by molar-refractivity contribution is 9.10. The molecule has 0 spiro atoms. The summed E-state index contributed by atoms with van der Waals surface area (Å²) in [5.41, 5.74) is 6.09. The topological polar surface area (TPSA) is 101 Å². The lowest BCUT2D eigenvalue weighted by Gasteiger charge is -2.58. The van der Waals surface area contributed by atoms with Gasteiger partial charge in [-0.25, -0.2) is 9.78 Å². The van der Waals surface area contributed by atoms with Crippen molar-refractivity contribution in [2.75, 3.05) is 41.3 Å². The molecular weight excluding hydrogens is 718 g/mol. The van der Waals surface area contributed by atoms with Crippen LogP contribution in [0.5, 0.6) is 5.75 Å². The van der Waals surface area contributed by atoms with E-state index in [1.54, 1.807) is 36.9 Å². The maximum atomic E-state index is 11.3. The van der Waals surface area contributed by atoms with Crippen LogP contribution in [0.25, 0.3) is 11.2 Å². The maximum absolute atomic E-state index is 11.3. The van der Waals surface area contributed by atoms with Crippen molar-refractivity contribution in [1.29, 1.82) is 0 Å². The number of likely N-dealkylation sites (N-methyl/N-ethyl adjacent to an activating group) is 1. The Bertz CT molecular complexity index is 2070. The van der Waals surface area contributed by atoms with Crippen LogP contribution in [0.3, 0.4) is 0 Å². The summed E-state index contributed by atoms with van der Waals surface area (Å²) in [6.07, 6.45) is 12.7. The van der Waals surface area contributed by atoms with Crippen molar-refractivity contribution in [2.45, 2.75) is 62.3 Å². The standard InChI is InChI=1S/C18H25NO.C16H19BrN2.C7H8N4O2/c1-19-10-9-18-8-4-3-5-15(18)17(19)11-13-6-7-14(20-2)12-16(13)18;1-19(2)12-10-15(16-5-3-4-11-18-16)13-6-8-14(17)9-7-13;1-10-3-8-5-4(10)6(12)9-7(13)11(5)2/h6-7,12,15,17H,3-5,8-11H2,1-2H3;3-9,11,15H,10,12H2,1-2H3;3H,1-2H3,(H,9,12,13)/t15-,17+,18+;15-;/m10./s1. The number of nitrogens with zero attached hydrogens (tertiary/aromatic N) is 6. The molecule has 10 nitrogen and oxygen atoms in total. The highest BCUT2D eigenvalue weighted by atomic mass is 79.9. The number of halogens is 1. The predicted molar refractivity (Wildman–Crippen MR) is 211 cm³/mol. The number of aromatic amines is 1. The molecule has 0 radical (unpaired) electrons. The zero-order chi connectivity index (χ0) is 37.0. The van der Waals surface area contributed by atoms with E-state index in [-0.39, 0.29) is 0 Å². The van der Waals surface area contributed by atoms with Crippen molar-refractivity contribution >= 4 is 27.1 Å². The molecule has 3 aromatic heterocycles. The summed E-state index contributed by atoms with van der Waals surface area (Å²) < 4.78 is 9.50. The molecule has 52 heavy (non-hydrogen) atoms. The van der Waals surface area contributed by atoms with Crippen molar-refractivity contribution in [3.63, 3.8) is 0 Å². The van der Waals surface area contributed by atoms with Gasteiger partial charge in [-0.2, -0.15) is 0 Å². The van der Waals surface area contributed by atoms with Crippen molar-refractivity contribution < 1.29 is 4.74 Å². The third-order valence-electron chi connectivity index (χ3n) is 11.5. The molecule has 1 saturated heterocycles. The second-order valence-electron chi connectivity index (χ2n) is 14.8. The van der Waals surface area contributed by atoms with Crippen molar-refractivity contribution in [1.82, 2.24) is 33.9 Å². The van der Waals surface area contributed by atoms with E-state index in [9.17, 15) is 9.59 Å². The van der Waals surface area contributed by atoms with Crippen LogP contribution in [0, 0.1) is 5.92 Å². The summed E-state index contributed by atoms with van der Waals surface area (Å²) in [6.45, 7) is 2.31. The molecule has 1 aliphatic heterocycles. The monoisotopic (exact) mass is 769 g/mol. The molecule has 0 amide bonds. The average molecular weight is 771 g/mol. The van der Waals surface area contributed by atoms with Crippen LogP contribution in [-0.2, 0) is 25.9 Å². The molecule has 2 aliphatic carbocycles. The molecule has 0 unspecified atom stereocenters. The van der Waals surface area contributed by atoms with E-state index < -0.39 is 11.2 Å². The van der Waals surface area contributed by atoms with E-state index in [1.165, 1.54) is 61.5 Å². The zero-order valence-electron chi connectivity index (χ0n) is 31.3. The second kappa shape index (κ2) is 16.3. The Morgan fingerprint density at radius 1 is 1.02 bits per heavy atom. The Kier molecular flexibility index (Phi) is 11.8. The number of imidazole rings is 1. The smallest absolute Gasteiger partial charge is 0.329 e. The number of rotatable bonds is 6. The van der Waals surface area contributed by atoms with Gasteiger partial charge in [0.1, 0.15) is 5.75 Å². The molecule has 276 valence electrons. The molecule has 2 aromatic carbocycles. The number of benzene rings is 2. The fraction of sp³-hybridized carbons (Fsp3) is 0.463. The van der Waals surface area contributed by atoms with Gasteiger partial charge in [0, 0.05) is 47.8 Å². The van der Waals surface area contributed by atoms with Crippen LogP contribution in [0.2, 0.25) is 0 Å². The van der Waals surface area contributed by atoms with Gasteiger partial charge in [0.15, 0.2) is 11.2 Å². The number of piperidine rings is 1. The number of hydrogen-bond donors (Lipinski definition) is 1. The number of H-pyrrole nitrogens is 1. The molecule has 11 heteroatoms. The predicted octanol–water partition coefficient (Wildman–Crippen LogP) is 6.27. The van der Waals surface area contributed by atoms with Crippen molar-refractivity contribution in [2.24, 2.45) is 20.0 Å². The van der Waals surface area contributed by atoms with Crippen LogP contribution in [-0.4, -0.2) is 81.3 Å². The van der Waals surface area contributed by atoms with Gasteiger partial charge < -0.3 is 19.1 Å². The third kappa shape index (κ3) is 7.82. The minimum Gasteiger partial charge on any atom is -0.497 e. The molecule has 2 fully saturated rings. The molecule has 2 bridgehead atoms. The van der Waals surface area contributed by atoms with Crippen LogP contribution < -0.4 is 16.0 Å². The molecule has 4 atom stereocenters. The number of nitrogens with one attached hydrogen (secondary N) is 1. The minimum absolute atomic E-state index is 0.358. The minimum atomic E-state index is -0.448. The van der Waals surface area contributed by atoms with Gasteiger partial charge >= 0.3 is 5.69 Å². The van der Waals surface area contributed by atoms with Gasteiger partial charge in [0.2, 0.25) is 0 Å². The summed E-state index contributed by atoms with van der Waals surface area (Å²) in [6, 6.07) is 22.3. The highest BCUT2D eigenvalue weighted by Gasteiger charge is 2.53. The quantitative estimate of drug-likeness (QED) is 0.217. The SMILES string of the molecule is CN(C)CC[C@@H](c1ccc(Br)cc1)c1ccccn1.COc1ccc2c(c1)[C@]13CCCC[C@@H]1[C@H](C2)N(C)CC3.Cn1cnc2c1c(=O)[nH]c(=O)n2C. The fourth-order valence-corrected chi connectivity index (χ4v) is 8.98. The maximum Gasteiger partial charge on any atom is 0.329 e. The largest absolute Gasteiger partial charge is 0.497 e. The lowest BCUT2D eigenvalue weighted by atomic mass is 9.52. The molecule has 3 aliphatic rings. The lowest BCUT2D eigenvalue weighted by molar-refractivity contribution is 0.00274. The van der Waals surface area contributed by atoms with Crippen LogP contribution in [0.15, 0.2) is 87.2 Å². The molecule has 1 N–H and O–H groups in total. The number of aryl methyl sites for hydroxylation is 2. The molecule has 8 rings (SSSR count). The number of pyridine rings is 1. The Morgan fingerprint density at radius 3 is 2.52 bits per heavy atom. The summed E-state index contributed by atoms with van der Waals surface area (Å²) in [7, 11) is 11.6. The van der Waals surface area contributed by atoms with E-state index in [1.807, 2.05) is 12.3 Å². The zero-order valence-corrected chi connectivity index (χ0v) is 32.9. The Labute approximate surface area is 315 Å². The third-order valence-corrected chi connectivity index (χ3v) is 12.0. The highest BCUT2D eigenvalue weighted by Crippen LogP contribution is 2.55. The lowest BCUT2D eigenvalue weighted by Crippen LogP contribution is -2.59. The van der Waals surface area contributed by atoms with Gasteiger partial charge in [-0.15, -0.1) is 0 Å². The van der Waals surface area contributed by atoms with Gasteiger partial charge in [-0.3, -0.25) is 19.3 Å². The molecule has 4 heterocycles. The van der Waals surface area contributed by atoms with E-state index in [0.717, 1.165) is 40.8 Å². The number of likely N-dealkylation sites (tertiary alicyclic amines) is 1. The summed E-state index contributed by atoms with van der Waals surface area (Å²) in [4.78, 5) is 37.9. The Morgan fingerprint density at radius 2 is 1.81 bits per heavy atom. The van der Waals surface area contributed by atoms with E-state index >= 15 is 0 Å². The van der Waals surface area contributed by atoms with Gasteiger partial charge in [0.25, 0.3) is 5.56 Å². The summed E-state index contributed by atoms with van der Waals surface area (Å²) in [5.74, 6) is 2.27. The van der Waals surface area contributed by atoms with E-state index in [2.05, 4.69) is 116 Å². The Balaban J connectivity index is 0.000000137.